The van der Waals surface area contributed by atoms with E-state index in [1.807, 2.05) is 18.2 Å². The molecule has 0 bridgehead atoms. The van der Waals surface area contributed by atoms with E-state index in [1.165, 1.54) is 5.56 Å². The average molecular weight is 432 g/mol. The van der Waals surface area contributed by atoms with E-state index in [0.29, 0.717) is 12.6 Å². The summed E-state index contributed by atoms with van der Waals surface area (Å²) >= 11 is 1.64. The smallest absolute Gasteiger partial charge is 0.157 e. The molecule has 3 N–H and O–H groups in total. The fraction of sp³-hybridized carbons (Fsp3) is 0.304. The largest absolute Gasteiger partial charge is 0.365 e. The number of hydrogen-bond donors (Lipinski definition) is 3. The molecule has 2 atom stereocenters. The molecule has 1 aliphatic heterocycles. The number of thiazole rings is 1. The zero-order valence-corrected chi connectivity index (χ0v) is 18.0. The van der Waals surface area contributed by atoms with Crippen molar-refractivity contribution in [1.82, 2.24) is 25.6 Å². The lowest BCUT2D eigenvalue weighted by molar-refractivity contribution is 0.678. The van der Waals surface area contributed by atoms with Crippen molar-refractivity contribution < 1.29 is 0 Å². The number of hydrogen-bond acceptors (Lipinski definition) is 8. The van der Waals surface area contributed by atoms with Gasteiger partial charge in [-0.15, -0.1) is 0 Å². The summed E-state index contributed by atoms with van der Waals surface area (Å²) in [7, 11) is 0. The van der Waals surface area contributed by atoms with Gasteiger partial charge in [-0.2, -0.15) is 0 Å². The second kappa shape index (κ2) is 9.36. The lowest BCUT2D eigenvalue weighted by Crippen LogP contribution is -2.34. The van der Waals surface area contributed by atoms with Crippen LogP contribution in [0.1, 0.15) is 17.0 Å². The monoisotopic (exact) mass is 431 g/mol. The maximum Gasteiger partial charge on any atom is 0.157 e. The van der Waals surface area contributed by atoms with E-state index in [9.17, 15) is 0 Å². The van der Waals surface area contributed by atoms with Crippen LogP contribution in [0.25, 0.3) is 10.3 Å². The normalized spacial score (nSPS) is 19.3. The summed E-state index contributed by atoms with van der Waals surface area (Å²) in [5.41, 5.74) is 2.06. The molecule has 2 aliphatic rings. The summed E-state index contributed by atoms with van der Waals surface area (Å²) in [6.45, 7) is 2.49. The highest BCUT2D eigenvalue weighted by Gasteiger charge is 2.24. The van der Waals surface area contributed by atoms with Crippen molar-refractivity contribution in [2.45, 2.75) is 31.5 Å². The summed E-state index contributed by atoms with van der Waals surface area (Å²) in [6, 6.07) is 10.9. The quantitative estimate of drug-likeness (QED) is 0.452. The molecule has 0 spiro atoms. The number of rotatable bonds is 9. The molecule has 31 heavy (non-hydrogen) atoms. The van der Waals surface area contributed by atoms with Gasteiger partial charge in [0.1, 0.15) is 16.7 Å². The molecule has 3 heterocycles. The van der Waals surface area contributed by atoms with Gasteiger partial charge >= 0.3 is 0 Å². The number of aliphatic imine (C=N–C) groups is 1. The van der Waals surface area contributed by atoms with Crippen LogP contribution in [0.3, 0.4) is 0 Å². The van der Waals surface area contributed by atoms with Gasteiger partial charge in [-0.3, -0.25) is 4.99 Å². The van der Waals surface area contributed by atoms with Gasteiger partial charge in [-0.1, -0.05) is 66.0 Å². The first kappa shape index (κ1) is 19.8. The Morgan fingerprint density at radius 3 is 2.77 bits per heavy atom. The predicted molar refractivity (Wildman–Crippen MR) is 127 cm³/mol. The van der Waals surface area contributed by atoms with Crippen LogP contribution >= 0.6 is 11.3 Å². The number of aromatic nitrogens is 3. The van der Waals surface area contributed by atoms with Crippen LogP contribution in [0.5, 0.6) is 0 Å². The third-order valence-electron chi connectivity index (χ3n) is 5.34. The molecular weight excluding hydrogens is 406 g/mol. The van der Waals surface area contributed by atoms with Gasteiger partial charge in [-0.25, -0.2) is 15.0 Å². The van der Waals surface area contributed by atoms with Crippen LogP contribution in [0, 0.1) is 0 Å². The van der Waals surface area contributed by atoms with Crippen molar-refractivity contribution >= 4 is 33.3 Å². The Balaban J connectivity index is 1.11. The summed E-state index contributed by atoms with van der Waals surface area (Å²) < 4.78 is 0. The summed E-state index contributed by atoms with van der Waals surface area (Å²) in [5, 5.41) is 11.5. The Hall–Kier alpha value is -3.10. The Morgan fingerprint density at radius 1 is 1.00 bits per heavy atom. The summed E-state index contributed by atoms with van der Waals surface area (Å²) in [4.78, 5) is 19.2. The molecule has 0 radical (unpaired) electrons. The molecule has 1 aromatic carbocycles. The molecule has 1 aliphatic carbocycles. The third kappa shape index (κ3) is 4.81. The van der Waals surface area contributed by atoms with Crippen molar-refractivity contribution in [2.24, 2.45) is 4.99 Å². The lowest BCUT2D eigenvalue weighted by atomic mass is 10.1. The summed E-state index contributed by atoms with van der Waals surface area (Å²) in [6.07, 6.45) is 11.9. The highest BCUT2D eigenvalue weighted by molar-refractivity contribution is 7.18. The van der Waals surface area contributed by atoms with Crippen molar-refractivity contribution in [3.05, 3.63) is 71.5 Å². The minimum Gasteiger partial charge on any atom is -0.365 e. The van der Waals surface area contributed by atoms with Crippen molar-refractivity contribution in [3.63, 3.8) is 0 Å². The van der Waals surface area contributed by atoms with E-state index in [4.69, 9.17) is 9.98 Å². The zero-order valence-electron chi connectivity index (χ0n) is 17.2. The second-order valence-corrected chi connectivity index (χ2v) is 8.64. The Morgan fingerprint density at radius 2 is 1.87 bits per heavy atom. The van der Waals surface area contributed by atoms with Crippen LogP contribution in [0.4, 0.5) is 5.82 Å². The lowest BCUT2D eigenvalue weighted by Gasteiger charge is -2.13. The van der Waals surface area contributed by atoms with Gasteiger partial charge in [0.05, 0.1) is 22.9 Å². The maximum atomic E-state index is 4.79. The SMILES string of the molecule is C1=CC2N=C(CCNCCc3nc4c(NCc5ccccc5)ncnc4s3)NC2C=C1. The molecule has 0 fully saturated rings. The van der Waals surface area contributed by atoms with E-state index >= 15 is 0 Å². The topological polar surface area (TPSA) is 87.1 Å². The van der Waals surface area contributed by atoms with Crippen LogP contribution in [0.2, 0.25) is 0 Å². The maximum absolute atomic E-state index is 4.79. The van der Waals surface area contributed by atoms with Gasteiger partial charge in [-0.05, 0) is 5.56 Å². The van der Waals surface area contributed by atoms with Crippen molar-refractivity contribution in [2.75, 3.05) is 18.4 Å². The molecular formula is C23H25N7S. The molecule has 158 valence electrons. The zero-order chi connectivity index (χ0) is 20.9. The predicted octanol–water partition coefficient (Wildman–Crippen LogP) is 3.09. The molecule has 5 rings (SSSR count). The first-order valence-corrected chi connectivity index (χ1v) is 11.4. The molecule has 0 saturated heterocycles. The Labute approximate surface area is 185 Å². The van der Waals surface area contributed by atoms with E-state index < -0.39 is 0 Å². The number of anilines is 1. The fourth-order valence-corrected chi connectivity index (χ4v) is 4.64. The first-order chi connectivity index (χ1) is 15.3. The number of fused-ring (bicyclic) bond motifs is 2. The van der Waals surface area contributed by atoms with Crippen LogP contribution in [-0.2, 0) is 13.0 Å². The number of amidine groups is 1. The van der Waals surface area contributed by atoms with Gasteiger partial charge in [0.25, 0.3) is 0 Å². The number of nitrogens with zero attached hydrogens (tertiary/aromatic N) is 4. The van der Waals surface area contributed by atoms with Crippen LogP contribution < -0.4 is 16.0 Å². The molecule has 2 unspecified atom stereocenters. The molecule has 3 aromatic rings. The average Bonchev–Trinajstić information content (AvgIpc) is 3.41. The van der Waals surface area contributed by atoms with Crippen molar-refractivity contribution in [3.8, 4) is 0 Å². The van der Waals surface area contributed by atoms with Crippen LogP contribution in [0.15, 0.2) is 66.0 Å². The Bertz CT molecular complexity index is 1120. The third-order valence-corrected chi connectivity index (χ3v) is 6.36. The molecule has 0 amide bonds. The molecule has 7 nitrogen and oxygen atoms in total. The van der Waals surface area contributed by atoms with Crippen LogP contribution in [-0.4, -0.2) is 46.0 Å². The Kier molecular flexibility index (Phi) is 5.99. The summed E-state index contributed by atoms with van der Waals surface area (Å²) in [5.74, 6) is 1.88. The molecule has 0 saturated carbocycles. The second-order valence-electron chi connectivity index (χ2n) is 7.58. The fourth-order valence-electron chi connectivity index (χ4n) is 3.74. The van der Waals surface area contributed by atoms with Gasteiger partial charge < -0.3 is 16.0 Å². The van der Waals surface area contributed by atoms with Gasteiger partial charge in [0.2, 0.25) is 0 Å². The highest BCUT2D eigenvalue weighted by atomic mass is 32.1. The minimum atomic E-state index is 0.258. The standard InChI is InChI=1S/C23H25N7S/c1-2-6-16(7-3-1)14-25-22-21-23(27-15-26-22)31-20(30-21)11-13-24-12-10-19-28-17-8-4-5-9-18(17)29-19/h1-9,15,17-18,24H,10-14H2,(H,28,29)(H,25,26,27). The first-order valence-electron chi connectivity index (χ1n) is 10.6. The number of benzene rings is 1. The number of allylic oxidation sites excluding steroid dienone is 2. The van der Waals surface area contributed by atoms with E-state index in [-0.39, 0.29) is 6.04 Å². The number of nitrogens with one attached hydrogen (secondary N) is 3. The van der Waals surface area contributed by atoms with E-state index in [2.05, 4.69) is 62.4 Å². The van der Waals surface area contributed by atoms with E-state index in [1.54, 1.807) is 17.7 Å². The molecule has 8 heteroatoms. The molecule has 2 aromatic heterocycles. The van der Waals surface area contributed by atoms with Crippen molar-refractivity contribution in [1.29, 1.82) is 0 Å². The minimum absolute atomic E-state index is 0.258. The van der Waals surface area contributed by atoms with Gasteiger partial charge in [0, 0.05) is 32.5 Å². The van der Waals surface area contributed by atoms with Gasteiger partial charge in [0.15, 0.2) is 5.82 Å². The van der Waals surface area contributed by atoms with E-state index in [0.717, 1.165) is 52.9 Å². The highest BCUT2D eigenvalue weighted by Crippen LogP contribution is 2.25.